The highest BCUT2D eigenvalue weighted by Gasteiger charge is 2.28. The summed E-state index contributed by atoms with van der Waals surface area (Å²) in [7, 11) is 0. The molecule has 2 aromatic rings. The van der Waals surface area contributed by atoms with Crippen molar-refractivity contribution >= 4 is 11.5 Å². The molecule has 2 saturated carbocycles. The molecule has 1 aromatic heterocycles. The van der Waals surface area contributed by atoms with Gasteiger partial charge in [0.1, 0.15) is 17.9 Å². The van der Waals surface area contributed by atoms with Gasteiger partial charge < -0.3 is 9.73 Å². The molecule has 32 heavy (non-hydrogen) atoms. The molecule has 2 aliphatic carbocycles. The second kappa shape index (κ2) is 8.85. The fraction of sp³-hybridized carbons (Fsp3) is 0.385. The van der Waals surface area contributed by atoms with E-state index < -0.39 is 23.6 Å². The van der Waals surface area contributed by atoms with E-state index in [-0.39, 0.29) is 11.3 Å². The molecule has 1 unspecified atom stereocenters. The molecule has 0 saturated heterocycles. The van der Waals surface area contributed by atoms with Crippen molar-refractivity contribution in [1.82, 2.24) is 10.3 Å². The molecular weight excluding hydrogens is 410 g/mol. The van der Waals surface area contributed by atoms with Crippen molar-refractivity contribution in [2.24, 2.45) is 11.8 Å². The number of nitrogens with one attached hydrogen (secondary N) is 1. The van der Waals surface area contributed by atoms with E-state index in [0.29, 0.717) is 23.3 Å². The maximum Gasteiger partial charge on any atom is 0.273 e. The molecule has 4 nitrogen and oxygen atoms in total. The van der Waals surface area contributed by atoms with Crippen molar-refractivity contribution in [1.29, 1.82) is 0 Å². The van der Waals surface area contributed by atoms with Crippen molar-refractivity contribution in [3.63, 3.8) is 0 Å². The molecule has 0 spiro atoms. The first-order valence-electron chi connectivity index (χ1n) is 11.0. The third kappa shape index (κ3) is 5.06. The van der Waals surface area contributed by atoms with Gasteiger partial charge in [0.05, 0.1) is 6.04 Å². The van der Waals surface area contributed by atoms with E-state index in [1.807, 2.05) is 6.92 Å². The van der Waals surface area contributed by atoms with Crippen molar-refractivity contribution in [2.75, 3.05) is 0 Å². The third-order valence-electron chi connectivity index (χ3n) is 6.11. The number of carbonyl (C=O) groups is 1. The highest BCUT2D eigenvalue weighted by atomic mass is 19.1. The van der Waals surface area contributed by atoms with Crippen LogP contribution in [0.25, 0.3) is 5.57 Å². The molecule has 1 heterocycles. The van der Waals surface area contributed by atoms with Crippen molar-refractivity contribution in [2.45, 2.75) is 52.5 Å². The van der Waals surface area contributed by atoms with Crippen LogP contribution in [0.2, 0.25) is 0 Å². The van der Waals surface area contributed by atoms with Gasteiger partial charge in [0.25, 0.3) is 5.91 Å². The lowest BCUT2D eigenvalue weighted by Gasteiger charge is -2.14. The summed E-state index contributed by atoms with van der Waals surface area (Å²) in [5.74, 6) is -0.217. The largest absolute Gasteiger partial charge is 0.444 e. The molecule has 1 N–H and O–H groups in total. The van der Waals surface area contributed by atoms with Gasteiger partial charge in [-0.3, -0.25) is 4.79 Å². The van der Waals surface area contributed by atoms with Crippen LogP contribution in [0.5, 0.6) is 0 Å². The van der Waals surface area contributed by atoms with Gasteiger partial charge in [-0.05, 0) is 81.6 Å². The number of hydrogen-bond donors (Lipinski definition) is 1. The van der Waals surface area contributed by atoms with Crippen LogP contribution < -0.4 is 5.32 Å². The Kier molecular flexibility index (Phi) is 6.13. The summed E-state index contributed by atoms with van der Waals surface area (Å²) in [6.45, 7) is 9.14. The molecule has 2 fully saturated rings. The quantitative estimate of drug-likeness (QED) is 0.481. The zero-order valence-electron chi connectivity index (χ0n) is 18.7. The summed E-state index contributed by atoms with van der Waals surface area (Å²) in [5, 5.41) is 2.72. The molecule has 1 atom stereocenters. The van der Waals surface area contributed by atoms with Gasteiger partial charge in [-0.25, -0.2) is 13.8 Å². The number of benzene rings is 1. The first-order valence-corrected chi connectivity index (χ1v) is 11.0. The molecule has 0 aliphatic heterocycles. The molecular formula is C26H28F2N2O2. The normalized spacial score (nSPS) is 17.9. The lowest BCUT2D eigenvalue weighted by Crippen LogP contribution is -2.27. The number of aromatic nitrogens is 1. The van der Waals surface area contributed by atoms with Gasteiger partial charge in [0.15, 0.2) is 5.69 Å². The van der Waals surface area contributed by atoms with Crippen LogP contribution in [0.3, 0.4) is 0 Å². The zero-order chi connectivity index (χ0) is 23.0. The fourth-order valence-corrected chi connectivity index (χ4v) is 3.62. The third-order valence-corrected chi connectivity index (χ3v) is 6.11. The van der Waals surface area contributed by atoms with Gasteiger partial charge >= 0.3 is 0 Å². The Labute approximate surface area is 187 Å². The minimum atomic E-state index is -0.644. The Morgan fingerprint density at radius 2 is 1.81 bits per heavy atom. The van der Waals surface area contributed by atoms with Gasteiger partial charge in [-0.1, -0.05) is 24.3 Å². The molecule has 0 bridgehead atoms. The summed E-state index contributed by atoms with van der Waals surface area (Å²) < 4.78 is 33.2. The highest BCUT2D eigenvalue weighted by Crippen LogP contribution is 2.42. The average Bonchev–Trinajstić information content (AvgIpc) is 3.68. The van der Waals surface area contributed by atoms with Crippen LogP contribution in [0, 0.1) is 30.4 Å². The molecule has 6 heteroatoms. The van der Waals surface area contributed by atoms with E-state index in [2.05, 4.69) is 29.0 Å². The zero-order valence-corrected chi connectivity index (χ0v) is 18.7. The lowest BCUT2D eigenvalue weighted by atomic mass is 10.0. The molecule has 4 rings (SSSR count). The SMILES string of the molecule is C=C(C=C(C=C(C)c1nc(C(=O)NC(C)c2cc(F)c(C)c(F)c2)co1)C1CC1)C1CC1. The van der Waals surface area contributed by atoms with Gasteiger partial charge in [0, 0.05) is 11.1 Å². The monoisotopic (exact) mass is 438 g/mol. The summed E-state index contributed by atoms with van der Waals surface area (Å²) in [4.78, 5) is 16.9. The van der Waals surface area contributed by atoms with E-state index in [4.69, 9.17) is 4.42 Å². The van der Waals surface area contributed by atoms with E-state index in [1.54, 1.807) is 6.92 Å². The number of allylic oxidation sites excluding steroid dienone is 5. The first-order chi connectivity index (χ1) is 15.2. The maximum absolute atomic E-state index is 13.8. The number of hydrogen-bond acceptors (Lipinski definition) is 3. The minimum Gasteiger partial charge on any atom is -0.444 e. The Bertz CT molecular complexity index is 1100. The Morgan fingerprint density at radius 1 is 1.19 bits per heavy atom. The second-order valence-corrected chi connectivity index (χ2v) is 8.94. The van der Waals surface area contributed by atoms with E-state index >= 15 is 0 Å². The Morgan fingerprint density at radius 3 is 2.41 bits per heavy atom. The predicted octanol–water partition coefficient (Wildman–Crippen LogP) is 6.46. The Hall–Kier alpha value is -3.02. The number of rotatable bonds is 8. The van der Waals surface area contributed by atoms with E-state index in [0.717, 1.165) is 5.57 Å². The standard InChI is InChI=1S/C26H28F2N2O2/c1-14(18-5-6-18)9-21(19-7-8-19)10-15(2)26-30-24(13-32-26)25(31)29-17(4)20-11-22(27)16(3)23(28)12-20/h9-13,17-19H,1,5-8H2,2-4H3,(H,29,31). The first kappa shape index (κ1) is 22.2. The summed E-state index contributed by atoms with van der Waals surface area (Å²) in [6.07, 6.45) is 10.3. The molecule has 1 amide bonds. The van der Waals surface area contributed by atoms with Crippen LogP contribution in [0.15, 0.2) is 52.7 Å². The maximum atomic E-state index is 13.8. The number of amides is 1. The number of nitrogens with zero attached hydrogens (tertiary/aromatic N) is 1. The molecule has 1 aromatic carbocycles. The van der Waals surface area contributed by atoms with Gasteiger partial charge in [-0.2, -0.15) is 0 Å². The van der Waals surface area contributed by atoms with Crippen LogP contribution in [0.1, 0.15) is 73.1 Å². The lowest BCUT2D eigenvalue weighted by molar-refractivity contribution is 0.0934. The minimum absolute atomic E-state index is 0.0454. The van der Waals surface area contributed by atoms with Gasteiger partial charge in [-0.15, -0.1) is 0 Å². The van der Waals surface area contributed by atoms with Gasteiger partial charge in [0.2, 0.25) is 5.89 Å². The summed E-state index contributed by atoms with van der Waals surface area (Å²) in [5.41, 5.74) is 3.67. The van der Waals surface area contributed by atoms with Crippen LogP contribution in [-0.4, -0.2) is 10.9 Å². The molecule has 2 aliphatic rings. The average molecular weight is 439 g/mol. The Balaban J connectivity index is 1.46. The second-order valence-electron chi connectivity index (χ2n) is 8.94. The predicted molar refractivity (Wildman–Crippen MR) is 120 cm³/mol. The van der Waals surface area contributed by atoms with Crippen molar-refractivity contribution in [3.05, 3.63) is 82.6 Å². The van der Waals surface area contributed by atoms with E-state index in [9.17, 15) is 13.6 Å². The van der Waals surface area contributed by atoms with Crippen LogP contribution in [-0.2, 0) is 0 Å². The number of halogens is 2. The van der Waals surface area contributed by atoms with Crippen LogP contribution in [0.4, 0.5) is 8.78 Å². The summed E-state index contributed by atoms with van der Waals surface area (Å²) in [6, 6.07) is 1.86. The highest BCUT2D eigenvalue weighted by molar-refractivity contribution is 5.92. The molecule has 168 valence electrons. The smallest absolute Gasteiger partial charge is 0.273 e. The van der Waals surface area contributed by atoms with Crippen molar-refractivity contribution < 1.29 is 18.0 Å². The number of oxazole rings is 1. The summed E-state index contributed by atoms with van der Waals surface area (Å²) >= 11 is 0. The van der Waals surface area contributed by atoms with Crippen LogP contribution >= 0.6 is 0 Å². The van der Waals surface area contributed by atoms with Crippen molar-refractivity contribution in [3.8, 4) is 0 Å². The molecule has 0 radical (unpaired) electrons. The number of carbonyl (C=O) groups excluding carboxylic acids is 1. The van der Waals surface area contributed by atoms with E-state index in [1.165, 1.54) is 62.1 Å². The topological polar surface area (TPSA) is 55.1 Å². The fourth-order valence-electron chi connectivity index (χ4n) is 3.62.